The third-order valence-electron chi connectivity index (χ3n) is 3.18. The van der Waals surface area contributed by atoms with Crippen molar-refractivity contribution in [1.82, 2.24) is 0 Å². The second-order valence-electron chi connectivity index (χ2n) is 5.40. The van der Waals surface area contributed by atoms with Gasteiger partial charge in [0.1, 0.15) is 0 Å². The van der Waals surface area contributed by atoms with Gasteiger partial charge >= 0.3 is 89.5 Å². The van der Waals surface area contributed by atoms with E-state index >= 15 is 0 Å². The number of hydrogen-bond acceptors (Lipinski definition) is 0. The van der Waals surface area contributed by atoms with Gasteiger partial charge in [-0.3, -0.25) is 0 Å². The van der Waals surface area contributed by atoms with Gasteiger partial charge in [0.05, 0.1) is 0 Å². The molecule has 0 aromatic rings. The maximum atomic E-state index is 2.45. The van der Waals surface area contributed by atoms with E-state index in [0.717, 1.165) is 11.8 Å². The molecule has 1 heteroatoms. The second-order valence-corrected chi connectivity index (χ2v) is 20.3. The van der Waals surface area contributed by atoms with Gasteiger partial charge in [-0.15, -0.1) is 0 Å². The molecule has 0 rings (SSSR count). The van der Waals surface area contributed by atoms with Crippen molar-refractivity contribution in [1.29, 1.82) is 0 Å². The third kappa shape index (κ3) is 5.29. The summed E-state index contributed by atoms with van der Waals surface area (Å²) in [5, 5.41) is 0. The zero-order valence-corrected chi connectivity index (χ0v) is 13.3. The van der Waals surface area contributed by atoms with Crippen molar-refractivity contribution in [2.75, 3.05) is 0 Å². The Morgan fingerprint density at radius 1 is 0.769 bits per heavy atom. The van der Waals surface area contributed by atoms with Crippen LogP contribution in [0.1, 0.15) is 41.5 Å². The van der Waals surface area contributed by atoms with Gasteiger partial charge < -0.3 is 0 Å². The van der Waals surface area contributed by atoms with Crippen LogP contribution in [0.5, 0.6) is 0 Å². The van der Waals surface area contributed by atoms with E-state index in [-0.39, 0.29) is 0 Å². The van der Waals surface area contributed by atoms with Crippen molar-refractivity contribution in [3.63, 3.8) is 0 Å². The zero-order chi connectivity index (χ0) is 10.5. The molecule has 0 aliphatic rings. The Bertz CT molecular complexity index is 111. The fourth-order valence-corrected chi connectivity index (χ4v) is 17.7. The molecule has 80 valence electrons. The van der Waals surface area contributed by atoms with Gasteiger partial charge in [-0.25, -0.2) is 0 Å². The Morgan fingerprint density at radius 3 is 1.23 bits per heavy atom. The molecule has 0 N–H and O–H groups in total. The molecular formula is C12H28Sn. The molecule has 0 heterocycles. The molecule has 0 fully saturated rings. The summed E-state index contributed by atoms with van der Waals surface area (Å²) in [4.78, 5) is 0. The molecule has 0 aliphatic carbocycles. The minimum absolute atomic E-state index is 0.939. The molecule has 0 nitrogen and oxygen atoms in total. The van der Waals surface area contributed by atoms with Crippen LogP contribution < -0.4 is 0 Å². The normalized spacial score (nSPS) is 12.9. The molecule has 0 radical (unpaired) electrons. The van der Waals surface area contributed by atoms with E-state index in [1.165, 1.54) is 0 Å². The first kappa shape index (κ1) is 13.8. The van der Waals surface area contributed by atoms with Crippen LogP contribution in [-0.2, 0) is 0 Å². The Hall–Kier alpha value is 0.799. The summed E-state index contributed by atoms with van der Waals surface area (Å²) >= 11 is -1.64. The van der Waals surface area contributed by atoms with Crippen LogP contribution in [0.4, 0.5) is 0 Å². The Morgan fingerprint density at radius 2 is 1.08 bits per heavy atom. The summed E-state index contributed by atoms with van der Waals surface area (Å²) in [5.41, 5.74) is 0. The van der Waals surface area contributed by atoms with Gasteiger partial charge in [0, 0.05) is 0 Å². The van der Waals surface area contributed by atoms with Crippen LogP contribution in [0, 0.1) is 11.8 Å². The molecule has 0 aromatic heterocycles. The van der Waals surface area contributed by atoms with Crippen LogP contribution in [0.2, 0.25) is 17.7 Å². The van der Waals surface area contributed by atoms with Crippen LogP contribution in [0.3, 0.4) is 0 Å². The quantitative estimate of drug-likeness (QED) is 0.617. The van der Waals surface area contributed by atoms with Gasteiger partial charge in [-0.05, 0) is 0 Å². The van der Waals surface area contributed by atoms with E-state index < -0.39 is 18.4 Å². The van der Waals surface area contributed by atoms with Crippen molar-refractivity contribution in [3.8, 4) is 0 Å². The van der Waals surface area contributed by atoms with Crippen LogP contribution in [0.15, 0.2) is 0 Å². The van der Waals surface area contributed by atoms with Crippen LogP contribution in [-0.4, -0.2) is 18.4 Å². The fourth-order valence-electron chi connectivity index (χ4n) is 2.64. The molecule has 0 spiro atoms. The molecule has 0 bridgehead atoms. The second kappa shape index (κ2) is 6.31. The van der Waals surface area contributed by atoms with E-state index in [2.05, 4.69) is 41.5 Å². The first-order valence-corrected chi connectivity index (χ1v) is 14.0. The van der Waals surface area contributed by atoms with Gasteiger partial charge in [0.2, 0.25) is 0 Å². The summed E-state index contributed by atoms with van der Waals surface area (Å²) < 4.78 is 6.34. The fraction of sp³-hybridized carbons (Fsp3) is 1.00. The van der Waals surface area contributed by atoms with Gasteiger partial charge in [-0.2, -0.15) is 0 Å². The Kier molecular flexibility index (Phi) is 6.70. The SMILES string of the molecule is C[CH2][Sn]([CH2]C)([CH2]C(C)C)[CH2]C(C)C. The van der Waals surface area contributed by atoms with Crippen molar-refractivity contribution < 1.29 is 0 Å². The van der Waals surface area contributed by atoms with Crippen molar-refractivity contribution in [2.45, 2.75) is 59.3 Å². The summed E-state index contributed by atoms with van der Waals surface area (Å²) in [5.74, 6) is 1.88. The predicted molar refractivity (Wildman–Crippen MR) is 66.0 cm³/mol. The summed E-state index contributed by atoms with van der Waals surface area (Å²) in [6.45, 7) is 14.5. The molecule has 0 aliphatic heterocycles. The zero-order valence-electron chi connectivity index (χ0n) is 10.5. The topological polar surface area (TPSA) is 0 Å². The molecular weight excluding hydrogens is 263 g/mol. The third-order valence-corrected chi connectivity index (χ3v) is 21.3. The molecule has 0 unspecified atom stereocenters. The maximum absolute atomic E-state index is 2.45. The van der Waals surface area contributed by atoms with Gasteiger partial charge in [0.25, 0.3) is 0 Å². The molecule has 0 amide bonds. The van der Waals surface area contributed by atoms with E-state index in [4.69, 9.17) is 0 Å². The molecule has 13 heavy (non-hydrogen) atoms. The minimum atomic E-state index is -1.64. The van der Waals surface area contributed by atoms with E-state index in [0.29, 0.717) is 0 Å². The molecule has 0 saturated carbocycles. The van der Waals surface area contributed by atoms with E-state index in [1.807, 2.05) is 0 Å². The van der Waals surface area contributed by atoms with Crippen LogP contribution >= 0.6 is 0 Å². The van der Waals surface area contributed by atoms with Crippen molar-refractivity contribution >= 4 is 18.4 Å². The van der Waals surface area contributed by atoms with Gasteiger partial charge in [0.15, 0.2) is 0 Å². The molecule has 0 saturated heterocycles. The Labute approximate surface area is 89.4 Å². The van der Waals surface area contributed by atoms with Crippen molar-refractivity contribution in [3.05, 3.63) is 0 Å². The summed E-state index contributed by atoms with van der Waals surface area (Å²) in [6.07, 6.45) is 0. The number of rotatable bonds is 6. The van der Waals surface area contributed by atoms with Crippen molar-refractivity contribution in [2.24, 2.45) is 11.8 Å². The van der Waals surface area contributed by atoms with Crippen LogP contribution in [0.25, 0.3) is 0 Å². The molecule has 0 aromatic carbocycles. The molecule has 0 atom stereocenters. The van der Waals surface area contributed by atoms with E-state index in [9.17, 15) is 0 Å². The first-order chi connectivity index (χ1) is 5.95. The first-order valence-electron chi connectivity index (χ1n) is 5.95. The number of hydrogen-bond donors (Lipinski definition) is 0. The average Bonchev–Trinajstić information content (AvgIpc) is 2.01. The van der Waals surface area contributed by atoms with E-state index in [1.54, 1.807) is 17.7 Å². The average molecular weight is 291 g/mol. The Balaban J connectivity index is 4.30. The summed E-state index contributed by atoms with van der Waals surface area (Å²) in [7, 11) is 0. The monoisotopic (exact) mass is 292 g/mol. The summed E-state index contributed by atoms with van der Waals surface area (Å²) in [6, 6.07) is 0. The standard InChI is InChI=1S/2C4H9.2C2H5.Sn/c2*1-4(2)3;2*1-2;/h2*4H,1H2,2-3H3;2*1H2,2H3;. The predicted octanol–water partition coefficient (Wildman–Crippen LogP) is 4.79. The van der Waals surface area contributed by atoms with Gasteiger partial charge in [-0.1, -0.05) is 0 Å².